The third-order valence-electron chi connectivity index (χ3n) is 2.22. The Morgan fingerprint density at radius 3 is 2.61 bits per heavy atom. The third kappa shape index (κ3) is 2.60. The van der Waals surface area contributed by atoms with Crippen LogP contribution in [0.5, 0.6) is 0 Å². The minimum atomic E-state index is -0.720. The number of nitrogens with zero attached hydrogens (tertiary/aromatic N) is 1. The van der Waals surface area contributed by atoms with Crippen molar-refractivity contribution in [2.24, 2.45) is 0 Å². The van der Waals surface area contributed by atoms with Crippen LogP contribution in [0.1, 0.15) is 10.4 Å². The molecule has 1 aromatic heterocycles. The van der Waals surface area contributed by atoms with E-state index >= 15 is 0 Å². The summed E-state index contributed by atoms with van der Waals surface area (Å²) in [5, 5.41) is 2.40. The zero-order chi connectivity index (χ0) is 13.1. The summed E-state index contributed by atoms with van der Waals surface area (Å²) in [6.07, 6.45) is 1.14. The SMILES string of the molecule is Nc1ccc(C(=O)Nc2ccc(F)nc2)c(F)c1. The predicted molar refractivity (Wildman–Crippen MR) is 63.0 cm³/mol. The molecule has 0 atom stereocenters. The van der Waals surface area contributed by atoms with Gasteiger partial charge in [-0.1, -0.05) is 0 Å². The van der Waals surface area contributed by atoms with E-state index in [4.69, 9.17) is 5.73 Å². The Bertz CT molecular complexity index is 584. The lowest BCUT2D eigenvalue weighted by Crippen LogP contribution is -2.14. The van der Waals surface area contributed by atoms with Gasteiger partial charge >= 0.3 is 0 Å². The van der Waals surface area contributed by atoms with Crippen molar-refractivity contribution in [2.75, 3.05) is 11.1 Å². The quantitative estimate of drug-likeness (QED) is 0.633. The fraction of sp³-hybridized carbons (Fsp3) is 0. The monoisotopic (exact) mass is 249 g/mol. The molecule has 0 saturated heterocycles. The van der Waals surface area contributed by atoms with E-state index < -0.39 is 17.7 Å². The molecule has 1 heterocycles. The largest absolute Gasteiger partial charge is 0.399 e. The summed E-state index contributed by atoms with van der Waals surface area (Å²) in [4.78, 5) is 15.1. The number of rotatable bonds is 2. The van der Waals surface area contributed by atoms with Crippen LogP contribution in [-0.2, 0) is 0 Å². The van der Waals surface area contributed by atoms with Gasteiger partial charge in [0.1, 0.15) is 5.82 Å². The molecule has 6 heteroatoms. The Hall–Kier alpha value is -2.50. The number of hydrogen-bond acceptors (Lipinski definition) is 3. The zero-order valence-electron chi connectivity index (χ0n) is 9.15. The van der Waals surface area contributed by atoms with E-state index in [0.717, 1.165) is 18.3 Å². The van der Waals surface area contributed by atoms with Crippen molar-refractivity contribution in [3.63, 3.8) is 0 Å². The average Bonchev–Trinajstić information content (AvgIpc) is 2.32. The number of anilines is 2. The van der Waals surface area contributed by atoms with Gasteiger partial charge in [-0.05, 0) is 30.3 Å². The first-order chi connectivity index (χ1) is 8.56. The molecule has 3 N–H and O–H groups in total. The first kappa shape index (κ1) is 12.0. The number of carbonyl (C=O) groups is 1. The minimum absolute atomic E-state index is 0.145. The maximum Gasteiger partial charge on any atom is 0.258 e. The highest BCUT2D eigenvalue weighted by molar-refractivity contribution is 6.04. The van der Waals surface area contributed by atoms with Crippen molar-refractivity contribution < 1.29 is 13.6 Å². The van der Waals surface area contributed by atoms with Crippen LogP contribution < -0.4 is 11.1 Å². The third-order valence-corrected chi connectivity index (χ3v) is 2.22. The number of amides is 1. The van der Waals surface area contributed by atoms with Crippen LogP contribution in [0, 0.1) is 11.8 Å². The van der Waals surface area contributed by atoms with Gasteiger partial charge in [-0.2, -0.15) is 4.39 Å². The molecule has 2 aromatic rings. The Morgan fingerprint density at radius 1 is 1.22 bits per heavy atom. The fourth-order valence-corrected chi connectivity index (χ4v) is 1.36. The lowest BCUT2D eigenvalue weighted by molar-refractivity contribution is 0.102. The van der Waals surface area contributed by atoms with E-state index in [1.165, 1.54) is 18.2 Å². The Morgan fingerprint density at radius 2 is 2.00 bits per heavy atom. The van der Waals surface area contributed by atoms with E-state index in [1.807, 2.05) is 0 Å². The Balaban J connectivity index is 2.19. The van der Waals surface area contributed by atoms with Crippen LogP contribution in [0.2, 0.25) is 0 Å². The number of benzene rings is 1. The van der Waals surface area contributed by atoms with Crippen LogP contribution in [0.25, 0.3) is 0 Å². The highest BCUT2D eigenvalue weighted by Gasteiger charge is 2.12. The number of aromatic nitrogens is 1. The van der Waals surface area contributed by atoms with Gasteiger partial charge in [-0.15, -0.1) is 0 Å². The number of nitrogens with one attached hydrogen (secondary N) is 1. The lowest BCUT2D eigenvalue weighted by Gasteiger charge is -2.06. The highest BCUT2D eigenvalue weighted by atomic mass is 19.1. The van der Waals surface area contributed by atoms with Gasteiger partial charge in [0, 0.05) is 5.69 Å². The number of hydrogen-bond donors (Lipinski definition) is 2. The summed E-state index contributed by atoms with van der Waals surface area (Å²) < 4.78 is 26.0. The molecule has 0 aliphatic carbocycles. The molecule has 2 rings (SSSR count). The van der Waals surface area contributed by atoms with Gasteiger partial charge in [0.2, 0.25) is 5.95 Å². The average molecular weight is 249 g/mol. The van der Waals surface area contributed by atoms with Crippen LogP contribution >= 0.6 is 0 Å². The Kier molecular flexibility index (Phi) is 3.18. The van der Waals surface area contributed by atoms with Crippen LogP contribution in [0.3, 0.4) is 0 Å². The van der Waals surface area contributed by atoms with Crippen molar-refractivity contribution in [3.8, 4) is 0 Å². The number of pyridine rings is 1. The van der Waals surface area contributed by atoms with Gasteiger partial charge in [0.15, 0.2) is 0 Å². The van der Waals surface area contributed by atoms with Gasteiger partial charge in [-0.3, -0.25) is 4.79 Å². The van der Waals surface area contributed by atoms with E-state index in [9.17, 15) is 13.6 Å². The molecule has 1 amide bonds. The standard InChI is InChI=1S/C12H9F2N3O/c13-10-5-7(15)1-3-9(10)12(18)17-8-2-4-11(14)16-6-8/h1-6H,15H2,(H,17,18). The van der Waals surface area contributed by atoms with E-state index in [-0.39, 0.29) is 16.9 Å². The van der Waals surface area contributed by atoms with E-state index in [1.54, 1.807) is 0 Å². The maximum atomic E-state index is 13.5. The second kappa shape index (κ2) is 4.79. The van der Waals surface area contributed by atoms with Gasteiger partial charge in [0.25, 0.3) is 5.91 Å². The molecule has 0 saturated carbocycles. The molecule has 0 unspecified atom stereocenters. The van der Waals surface area contributed by atoms with Crippen LogP contribution in [0.4, 0.5) is 20.2 Å². The molecule has 0 bridgehead atoms. The summed E-state index contributed by atoms with van der Waals surface area (Å²) >= 11 is 0. The molecule has 0 spiro atoms. The maximum absolute atomic E-state index is 13.5. The minimum Gasteiger partial charge on any atom is -0.399 e. The summed E-state index contributed by atoms with van der Waals surface area (Å²) in [5.41, 5.74) is 5.73. The lowest BCUT2D eigenvalue weighted by atomic mass is 10.2. The van der Waals surface area contributed by atoms with Gasteiger partial charge in [-0.25, -0.2) is 9.37 Å². The van der Waals surface area contributed by atoms with Gasteiger partial charge in [0.05, 0.1) is 17.4 Å². The number of halogens is 2. The first-order valence-electron chi connectivity index (χ1n) is 5.04. The fourth-order valence-electron chi connectivity index (χ4n) is 1.36. The number of nitrogens with two attached hydrogens (primary N) is 1. The van der Waals surface area contributed by atoms with Gasteiger partial charge < -0.3 is 11.1 Å². The summed E-state index contributed by atoms with van der Waals surface area (Å²) in [6.45, 7) is 0. The second-order valence-electron chi connectivity index (χ2n) is 3.56. The van der Waals surface area contributed by atoms with Crippen molar-refractivity contribution in [2.45, 2.75) is 0 Å². The highest BCUT2D eigenvalue weighted by Crippen LogP contribution is 2.14. The Labute approximate surface area is 101 Å². The molecular formula is C12H9F2N3O. The molecule has 0 radical (unpaired) electrons. The molecule has 4 nitrogen and oxygen atoms in total. The summed E-state index contributed by atoms with van der Waals surface area (Å²) in [6, 6.07) is 6.17. The van der Waals surface area contributed by atoms with Crippen molar-refractivity contribution in [3.05, 3.63) is 53.9 Å². The van der Waals surface area contributed by atoms with Crippen molar-refractivity contribution >= 4 is 17.3 Å². The smallest absolute Gasteiger partial charge is 0.258 e. The van der Waals surface area contributed by atoms with E-state index in [2.05, 4.69) is 10.3 Å². The molecule has 92 valence electrons. The summed E-state index contributed by atoms with van der Waals surface area (Å²) in [7, 11) is 0. The van der Waals surface area contributed by atoms with Crippen LogP contribution in [-0.4, -0.2) is 10.9 Å². The van der Waals surface area contributed by atoms with E-state index in [0.29, 0.717) is 0 Å². The molecule has 18 heavy (non-hydrogen) atoms. The number of carbonyl (C=O) groups excluding carboxylic acids is 1. The molecular weight excluding hydrogens is 240 g/mol. The number of nitrogen functional groups attached to an aromatic ring is 1. The summed E-state index contributed by atoms with van der Waals surface area (Å²) in [5.74, 6) is -2.03. The molecule has 0 fully saturated rings. The predicted octanol–water partition coefficient (Wildman–Crippen LogP) is 2.19. The molecule has 1 aromatic carbocycles. The van der Waals surface area contributed by atoms with Crippen LogP contribution in [0.15, 0.2) is 36.5 Å². The normalized spacial score (nSPS) is 10.1. The van der Waals surface area contributed by atoms with Crippen molar-refractivity contribution in [1.29, 1.82) is 0 Å². The zero-order valence-corrected chi connectivity index (χ0v) is 9.15. The topological polar surface area (TPSA) is 68.0 Å². The molecule has 0 aliphatic rings. The molecule has 0 aliphatic heterocycles. The second-order valence-corrected chi connectivity index (χ2v) is 3.56. The van der Waals surface area contributed by atoms with Crippen molar-refractivity contribution in [1.82, 2.24) is 4.98 Å². The first-order valence-corrected chi connectivity index (χ1v) is 5.04.